The van der Waals surface area contributed by atoms with Crippen LogP contribution in [0.2, 0.25) is 0 Å². The molecule has 0 unspecified atom stereocenters. The van der Waals surface area contributed by atoms with Gasteiger partial charge in [-0.25, -0.2) is 0 Å². The number of ketones is 2. The van der Waals surface area contributed by atoms with Gasteiger partial charge in [-0.2, -0.15) is 0 Å². The number of fused-ring (bicyclic) bond motifs is 2. The number of carbonyl (C=O) groups is 2. The van der Waals surface area contributed by atoms with E-state index in [2.05, 4.69) is 21.2 Å². The van der Waals surface area contributed by atoms with Gasteiger partial charge in [0.15, 0.2) is 11.6 Å². The minimum Gasteiger partial charge on any atom is -0.395 e. The van der Waals surface area contributed by atoms with Crippen molar-refractivity contribution in [3.8, 4) is 0 Å². The largest absolute Gasteiger partial charge is 0.395 e. The molecule has 0 saturated heterocycles. The summed E-state index contributed by atoms with van der Waals surface area (Å²) in [6.07, 6.45) is 0. The Hall–Kier alpha value is -1.98. The van der Waals surface area contributed by atoms with Crippen LogP contribution in [0.15, 0.2) is 40.9 Å². The van der Waals surface area contributed by atoms with Gasteiger partial charge >= 0.3 is 0 Å². The third-order valence-corrected chi connectivity index (χ3v) is 4.12. The van der Waals surface area contributed by atoms with Crippen molar-refractivity contribution in [1.82, 2.24) is 0 Å². The monoisotopic (exact) mass is 345 g/mol. The number of nitrogens with one attached hydrogen (secondary N) is 1. The summed E-state index contributed by atoms with van der Waals surface area (Å²) in [5, 5.41) is 12.0. The van der Waals surface area contributed by atoms with E-state index in [1.807, 2.05) is 0 Å². The van der Waals surface area contributed by atoms with Crippen LogP contribution in [-0.2, 0) is 0 Å². The molecule has 2 aromatic carbocycles. The number of rotatable bonds is 3. The fraction of sp³-hybridized carbons (Fsp3) is 0.125. The standard InChI is InChI=1S/C16H12BrNO3/c17-12-6-5-11-13(14(12)18-7-8-19)16(21)10-4-2-1-3-9(10)15(11)20/h1-6,18-19H,7-8H2. The number of hydrogen-bond acceptors (Lipinski definition) is 4. The molecule has 106 valence electrons. The van der Waals surface area contributed by atoms with Crippen LogP contribution in [0.5, 0.6) is 0 Å². The number of halogens is 1. The Balaban J connectivity index is 2.23. The highest BCUT2D eigenvalue weighted by atomic mass is 79.9. The molecule has 21 heavy (non-hydrogen) atoms. The molecule has 0 aliphatic heterocycles. The summed E-state index contributed by atoms with van der Waals surface area (Å²) in [4.78, 5) is 25.3. The molecule has 5 heteroatoms. The van der Waals surface area contributed by atoms with Gasteiger partial charge in [-0.3, -0.25) is 9.59 Å². The highest BCUT2D eigenvalue weighted by Crippen LogP contribution is 2.36. The zero-order chi connectivity index (χ0) is 15.0. The maximum atomic E-state index is 12.7. The van der Waals surface area contributed by atoms with Gasteiger partial charge in [0.1, 0.15) is 0 Å². The van der Waals surface area contributed by atoms with Crippen LogP contribution in [-0.4, -0.2) is 29.8 Å². The Morgan fingerprint density at radius 2 is 1.62 bits per heavy atom. The van der Waals surface area contributed by atoms with E-state index in [4.69, 9.17) is 5.11 Å². The van der Waals surface area contributed by atoms with Crippen LogP contribution in [0.3, 0.4) is 0 Å². The number of aliphatic hydroxyl groups is 1. The number of benzene rings is 2. The van der Waals surface area contributed by atoms with Crippen molar-refractivity contribution in [1.29, 1.82) is 0 Å². The van der Waals surface area contributed by atoms with Crippen molar-refractivity contribution < 1.29 is 14.7 Å². The molecular formula is C16H12BrNO3. The van der Waals surface area contributed by atoms with Gasteiger partial charge in [0.25, 0.3) is 0 Å². The van der Waals surface area contributed by atoms with E-state index in [1.165, 1.54) is 0 Å². The molecule has 0 aromatic heterocycles. The highest BCUT2D eigenvalue weighted by Gasteiger charge is 2.32. The molecule has 4 nitrogen and oxygen atoms in total. The lowest BCUT2D eigenvalue weighted by Gasteiger charge is -2.21. The van der Waals surface area contributed by atoms with E-state index < -0.39 is 0 Å². The number of hydrogen-bond donors (Lipinski definition) is 2. The second-order valence-corrected chi connectivity index (χ2v) is 5.55. The first-order chi connectivity index (χ1) is 10.1. The predicted octanol–water partition coefficient (Wildman–Crippen LogP) is 2.63. The second-order valence-electron chi connectivity index (χ2n) is 4.70. The lowest BCUT2D eigenvalue weighted by Crippen LogP contribution is -2.23. The maximum absolute atomic E-state index is 12.7. The van der Waals surface area contributed by atoms with Gasteiger partial charge in [-0.05, 0) is 28.1 Å². The van der Waals surface area contributed by atoms with Gasteiger partial charge in [0.2, 0.25) is 0 Å². The van der Waals surface area contributed by atoms with Gasteiger partial charge in [-0.1, -0.05) is 24.3 Å². The first-order valence-corrected chi connectivity index (χ1v) is 7.30. The molecule has 0 saturated carbocycles. The Labute approximate surface area is 129 Å². The van der Waals surface area contributed by atoms with Gasteiger partial charge in [0.05, 0.1) is 17.9 Å². The van der Waals surface area contributed by atoms with Crippen molar-refractivity contribution in [2.75, 3.05) is 18.5 Å². The van der Waals surface area contributed by atoms with Crippen molar-refractivity contribution in [2.24, 2.45) is 0 Å². The van der Waals surface area contributed by atoms with Crippen LogP contribution in [0.4, 0.5) is 5.69 Å². The van der Waals surface area contributed by atoms with E-state index in [1.54, 1.807) is 36.4 Å². The number of carbonyl (C=O) groups excluding carboxylic acids is 2. The van der Waals surface area contributed by atoms with Crippen LogP contribution >= 0.6 is 15.9 Å². The van der Waals surface area contributed by atoms with E-state index in [0.29, 0.717) is 39.0 Å². The lowest BCUT2D eigenvalue weighted by molar-refractivity contribution is 0.0979. The summed E-state index contributed by atoms with van der Waals surface area (Å²) in [5.74, 6) is -0.332. The molecule has 0 atom stereocenters. The molecule has 1 aliphatic carbocycles. The molecule has 0 bridgehead atoms. The average Bonchev–Trinajstić information content (AvgIpc) is 2.51. The number of aliphatic hydroxyl groups excluding tert-OH is 1. The molecule has 0 radical (unpaired) electrons. The molecular weight excluding hydrogens is 334 g/mol. The molecule has 2 aromatic rings. The third kappa shape index (κ3) is 2.18. The van der Waals surface area contributed by atoms with Crippen LogP contribution in [0, 0.1) is 0 Å². The first kappa shape index (κ1) is 14.0. The Morgan fingerprint density at radius 3 is 2.29 bits per heavy atom. The summed E-state index contributed by atoms with van der Waals surface area (Å²) < 4.78 is 0.690. The summed E-state index contributed by atoms with van der Waals surface area (Å²) in [7, 11) is 0. The molecule has 1 aliphatic rings. The smallest absolute Gasteiger partial charge is 0.196 e. The normalized spacial score (nSPS) is 12.9. The van der Waals surface area contributed by atoms with Gasteiger partial charge in [0, 0.05) is 27.7 Å². The topological polar surface area (TPSA) is 66.4 Å². The minimum absolute atomic E-state index is 0.0607. The molecule has 0 amide bonds. The summed E-state index contributed by atoms with van der Waals surface area (Å²) in [6.45, 7) is 0.243. The van der Waals surface area contributed by atoms with Crippen molar-refractivity contribution in [3.05, 3.63) is 63.1 Å². The Morgan fingerprint density at radius 1 is 0.952 bits per heavy atom. The van der Waals surface area contributed by atoms with Crippen molar-refractivity contribution >= 4 is 33.2 Å². The summed E-state index contributed by atoms with van der Waals surface area (Å²) >= 11 is 3.39. The minimum atomic E-state index is -0.179. The van der Waals surface area contributed by atoms with Gasteiger partial charge in [-0.15, -0.1) is 0 Å². The molecule has 2 N–H and O–H groups in total. The molecule has 0 heterocycles. The van der Waals surface area contributed by atoms with Crippen LogP contribution in [0.1, 0.15) is 31.8 Å². The zero-order valence-corrected chi connectivity index (χ0v) is 12.6. The van der Waals surface area contributed by atoms with E-state index in [0.717, 1.165) is 0 Å². The fourth-order valence-electron chi connectivity index (χ4n) is 2.51. The first-order valence-electron chi connectivity index (χ1n) is 6.51. The quantitative estimate of drug-likeness (QED) is 0.765. The summed E-state index contributed by atoms with van der Waals surface area (Å²) in [5.41, 5.74) is 2.16. The fourth-order valence-corrected chi connectivity index (χ4v) is 2.99. The van der Waals surface area contributed by atoms with E-state index in [-0.39, 0.29) is 18.2 Å². The second kappa shape index (κ2) is 5.42. The SMILES string of the molecule is O=C1c2ccccc2C(=O)c2c1ccc(Br)c2NCCO. The zero-order valence-electron chi connectivity index (χ0n) is 11.0. The highest BCUT2D eigenvalue weighted by molar-refractivity contribution is 9.10. The Bertz CT molecular complexity index is 755. The van der Waals surface area contributed by atoms with Crippen molar-refractivity contribution in [2.45, 2.75) is 0 Å². The summed E-state index contributed by atoms with van der Waals surface area (Å²) in [6, 6.07) is 10.2. The van der Waals surface area contributed by atoms with Crippen LogP contribution in [0.25, 0.3) is 0 Å². The van der Waals surface area contributed by atoms with Gasteiger partial charge < -0.3 is 10.4 Å². The van der Waals surface area contributed by atoms with E-state index in [9.17, 15) is 9.59 Å². The maximum Gasteiger partial charge on any atom is 0.196 e. The Kier molecular flexibility index (Phi) is 3.61. The molecule has 3 rings (SSSR count). The lowest BCUT2D eigenvalue weighted by atomic mass is 9.83. The van der Waals surface area contributed by atoms with E-state index >= 15 is 0 Å². The van der Waals surface area contributed by atoms with Crippen LogP contribution < -0.4 is 5.32 Å². The number of anilines is 1. The predicted molar refractivity (Wildman–Crippen MR) is 83.0 cm³/mol. The third-order valence-electron chi connectivity index (χ3n) is 3.46. The van der Waals surface area contributed by atoms with Crippen molar-refractivity contribution in [3.63, 3.8) is 0 Å². The average molecular weight is 346 g/mol. The molecule has 0 spiro atoms. The molecule has 0 fully saturated rings.